The second-order valence-electron chi connectivity index (χ2n) is 12.5. The molecule has 49 heavy (non-hydrogen) atoms. The molecular formula is C40H34N3NaO5. The van der Waals surface area contributed by atoms with Crippen molar-refractivity contribution in [2.24, 2.45) is 0 Å². The molecular weight excluding hydrogens is 625 g/mol. The molecule has 6 aromatic rings. The molecule has 2 aromatic heterocycles. The van der Waals surface area contributed by atoms with E-state index in [1.165, 1.54) is 0 Å². The van der Waals surface area contributed by atoms with Gasteiger partial charge in [0.2, 0.25) is 0 Å². The van der Waals surface area contributed by atoms with Gasteiger partial charge in [0.1, 0.15) is 24.7 Å². The van der Waals surface area contributed by atoms with Gasteiger partial charge in [0.25, 0.3) is 0 Å². The average Bonchev–Trinajstić information content (AvgIpc) is 3.95. The number of hydrogen-bond acceptors (Lipinski definition) is 8. The summed E-state index contributed by atoms with van der Waals surface area (Å²) in [4.78, 5) is 26.5. The van der Waals surface area contributed by atoms with E-state index < -0.39 is 17.6 Å². The topological polar surface area (TPSA) is 99.9 Å². The van der Waals surface area contributed by atoms with Crippen molar-refractivity contribution in [3.63, 3.8) is 0 Å². The first-order valence-corrected chi connectivity index (χ1v) is 16.4. The number of carboxylic acid groups (broad SMARTS) is 1. The van der Waals surface area contributed by atoms with E-state index in [2.05, 4.69) is 36.4 Å². The zero-order valence-corrected chi connectivity index (χ0v) is 29.3. The number of hydroxylamine groups is 2. The van der Waals surface area contributed by atoms with Gasteiger partial charge in [-0.2, -0.15) is 0 Å². The van der Waals surface area contributed by atoms with Crippen molar-refractivity contribution in [2.75, 3.05) is 0 Å². The molecule has 0 bridgehead atoms. The molecule has 0 spiro atoms. The Hall–Kier alpha value is -4.31. The van der Waals surface area contributed by atoms with Crippen LogP contribution in [-0.4, -0.2) is 33.3 Å². The number of aromatic nitrogens is 2. The summed E-state index contributed by atoms with van der Waals surface area (Å²) < 4.78 is 13.2. The molecule has 2 aliphatic rings. The first-order chi connectivity index (χ1) is 23.6. The number of carboxylic acids is 1. The van der Waals surface area contributed by atoms with Gasteiger partial charge in [0.15, 0.2) is 6.23 Å². The molecule has 2 atom stereocenters. The van der Waals surface area contributed by atoms with Gasteiger partial charge < -0.3 is 19.4 Å². The third-order valence-corrected chi connectivity index (χ3v) is 9.65. The Balaban J connectivity index is 0.00000378. The second-order valence-corrected chi connectivity index (χ2v) is 12.5. The molecule has 1 saturated carbocycles. The van der Waals surface area contributed by atoms with Crippen LogP contribution in [0.25, 0.3) is 21.8 Å². The zero-order chi connectivity index (χ0) is 32.5. The molecule has 1 aliphatic carbocycles. The molecule has 8 nitrogen and oxygen atoms in total. The molecule has 1 saturated heterocycles. The number of nitrogens with zero attached hydrogens (tertiary/aromatic N) is 3. The quantitative estimate of drug-likeness (QED) is 0.163. The molecule has 240 valence electrons. The van der Waals surface area contributed by atoms with Crippen LogP contribution in [0.15, 0.2) is 121 Å². The smallest absolute Gasteiger partial charge is 0.546 e. The Labute approximate surface area is 306 Å². The Morgan fingerprint density at radius 1 is 0.694 bits per heavy atom. The van der Waals surface area contributed by atoms with E-state index in [0.29, 0.717) is 13.2 Å². The van der Waals surface area contributed by atoms with E-state index in [1.807, 2.05) is 84.9 Å². The van der Waals surface area contributed by atoms with Gasteiger partial charge in [0, 0.05) is 33.4 Å². The average molecular weight is 660 g/mol. The summed E-state index contributed by atoms with van der Waals surface area (Å²) in [6, 6.07) is 40.7. The van der Waals surface area contributed by atoms with Crippen molar-refractivity contribution in [1.82, 2.24) is 15.0 Å². The van der Waals surface area contributed by atoms with Crippen LogP contribution in [0.4, 0.5) is 0 Å². The predicted molar refractivity (Wildman–Crippen MR) is 180 cm³/mol. The number of ether oxygens (including phenoxy) is 2. The van der Waals surface area contributed by atoms with Crippen LogP contribution in [-0.2, 0) is 28.3 Å². The number of rotatable bonds is 10. The summed E-state index contributed by atoms with van der Waals surface area (Å²) in [5.41, 5.74) is 5.21. The van der Waals surface area contributed by atoms with Gasteiger partial charge >= 0.3 is 29.6 Å². The fourth-order valence-electron chi connectivity index (χ4n) is 7.20. The molecule has 0 amide bonds. The largest absolute Gasteiger partial charge is 1.00 e. The Morgan fingerprint density at radius 3 is 1.65 bits per heavy atom. The summed E-state index contributed by atoms with van der Waals surface area (Å²) in [6.45, 7) is 0.641. The third-order valence-electron chi connectivity index (χ3n) is 9.65. The van der Waals surface area contributed by atoms with Gasteiger partial charge in [0.05, 0.1) is 28.4 Å². The van der Waals surface area contributed by atoms with Crippen LogP contribution in [0.3, 0.4) is 0 Å². The minimum atomic E-state index is -1.20. The number of carbonyl (C=O) groups excluding carboxylic acids is 1. The Kier molecular flexibility index (Phi) is 9.67. The van der Waals surface area contributed by atoms with Crippen LogP contribution in [0, 0.1) is 0 Å². The minimum Gasteiger partial charge on any atom is -0.546 e. The Morgan fingerprint density at radius 2 is 1.16 bits per heavy atom. The van der Waals surface area contributed by atoms with Crippen LogP contribution < -0.4 is 44.1 Å². The van der Waals surface area contributed by atoms with Gasteiger partial charge in [-0.15, -0.1) is 5.06 Å². The molecule has 3 heterocycles. The van der Waals surface area contributed by atoms with Crippen molar-refractivity contribution in [3.8, 4) is 11.5 Å². The third kappa shape index (κ3) is 6.80. The number of para-hydroxylation sites is 4. The monoisotopic (exact) mass is 659 g/mol. The van der Waals surface area contributed by atoms with Crippen LogP contribution in [0.5, 0.6) is 11.5 Å². The first-order valence-electron chi connectivity index (χ1n) is 16.4. The number of carbonyl (C=O) groups is 1. The molecule has 9 heteroatoms. The molecule has 0 radical (unpaired) electrons. The summed E-state index contributed by atoms with van der Waals surface area (Å²) in [5.74, 6) is 0.369. The van der Waals surface area contributed by atoms with Gasteiger partial charge in [-0.05, 0) is 62.1 Å². The SMILES string of the molecule is O=C([O-])C1ON1C1CCC(c2ccccc2OCc2ccc3ccccc3n2)(c2ccccc2OCc2ccc3ccccc3n2)CC1.[Na+]. The number of fused-ring (bicyclic) bond motifs is 2. The molecule has 1 aliphatic heterocycles. The molecule has 2 unspecified atom stereocenters. The fourth-order valence-corrected chi connectivity index (χ4v) is 7.20. The number of pyridine rings is 2. The maximum atomic E-state index is 11.5. The molecule has 2 fully saturated rings. The van der Waals surface area contributed by atoms with Gasteiger partial charge in [-0.25, -0.2) is 9.97 Å². The van der Waals surface area contributed by atoms with E-state index in [-0.39, 0.29) is 35.6 Å². The molecule has 8 rings (SSSR count). The van der Waals surface area contributed by atoms with Crippen molar-refractivity contribution in [3.05, 3.63) is 144 Å². The first kappa shape index (κ1) is 33.2. The van der Waals surface area contributed by atoms with Crippen LogP contribution >= 0.6 is 0 Å². The van der Waals surface area contributed by atoms with Crippen molar-refractivity contribution < 1.29 is 53.8 Å². The van der Waals surface area contributed by atoms with Gasteiger partial charge in [-0.3, -0.25) is 4.84 Å². The summed E-state index contributed by atoms with van der Waals surface area (Å²) in [6.07, 6.45) is 1.95. The number of hydrogen-bond donors (Lipinski definition) is 0. The second kappa shape index (κ2) is 14.3. The Bertz CT molecular complexity index is 1990. The van der Waals surface area contributed by atoms with E-state index >= 15 is 0 Å². The standard InChI is InChI=1S/C40H35N3O5.Na/c44-39(45)38-43(48-38)31-21-23-40(24-22-31,32-11-3-7-15-36(32)46-25-29-19-17-27-9-1-5-13-34(27)41-29)33-12-4-8-16-37(33)47-26-30-20-18-28-10-2-6-14-35(28)42-30;/h1-20,31,38H,21-26H2,(H,44,45);/q;+1/p-1. The van der Waals surface area contributed by atoms with Crippen LogP contribution in [0.1, 0.15) is 48.2 Å². The summed E-state index contributed by atoms with van der Waals surface area (Å²) in [7, 11) is 0. The van der Waals surface area contributed by atoms with Crippen molar-refractivity contribution in [1.29, 1.82) is 0 Å². The number of benzene rings is 4. The van der Waals surface area contributed by atoms with Crippen molar-refractivity contribution in [2.45, 2.75) is 56.6 Å². The maximum Gasteiger partial charge on any atom is 1.00 e. The summed E-state index contributed by atoms with van der Waals surface area (Å²) in [5, 5.41) is 15.2. The molecule has 0 N–H and O–H groups in total. The van der Waals surface area contributed by atoms with Crippen molar-refractivity contribution >= 4 is 27.8 Å². The van der Waals surface area contributed by atoms with Crippen LogP contribution in [0.2, 0.25) is 0 Å². The predicted octanol–water partition coefficient (Wildman–Crippen LogP) is 3.50. The fraction of sp³-hybridized carbons (Fsp3) is 0.225. The maximum absolute atomic E-state index is 11.5. The van der Waals surface area contributed by atoms with E-state index in [0.717, 1.165) is 81.5 Å². The summed E-state index contributed by atoms with van der Waals surface area (Å²) >= 11 is 0. The minimum absolute atomic E-state index is 0. The van der Waals surface area contributed by atoms with E-state index in [4.69, 9.17) is 24.3 Å². The van der Waals surface area contributed by atoms with E-state index in [1.54, 1.807) is 5.06 Å². The molecule has 4 aromatic carbocycles. The van der Waals surface area contributed by atoms with Gasteiger partial charge in [-0.1, -0.05) is 84.9 Å². The van der Waals surface area contributed by atoms with E-state index in [9.17, 15) is 9.90 Å². The number of aliphatic carboxylic acids is 1. The zero-order valence-electron chi connectivity index (χ0n) is 27.3. The normalized spacial score (nSPS) is 18.4.